The summed E-state index contributed by atoms with van der Waals surface area (Å²) in [6.45, 7) is 4.29. The summed E-state index contributed by atoms with van der Waals surface area (Å²) in [6.07, 6.45) is 2.65. The number of piperidine rings is 1. The maximum atomic E-state index is 12.4. The predicted octanol–water partition coefficient (Wildman–Crippen LogP) is 1.69. The standard InChI is InChI=1S/C19H25N5O3.ClH/c1-13-17(22-23-24(13)16-8-10-20-11-9-16)18(25)21-12-7-14-3-5-15(6-4-14)19(26)27-2;/h3-6,16,20H,7-12H2,1-2H3,(H,21,25);1H. The molecule has 9 heteroatoms. The van der Waals surface area contributed by atoms with Crippen molar-refractivity contribution in [1.29, 1.82) is 0 Å². The van der Waals surface area contributed by atoms with Gasteiger partial charge in [-0.05, 0) is 57.0 Å². The summed E-state index contributed by atoms with van der Waals surface area (Å²) < 4.78 is 6.56. The fourth-order valence-corrected chi connectivity index (χ4v) is 3.28. The Morgan fingerprint density at radius 1 is 1.25 bits per heavy atom. The Labute approximate surface area is 170 Å². The van der Waals surface area contributed by atoms with Crippen molar-refractivity contribution >= 4 is 24.3 Å². The van der Waals surface area contributed by atoms with Crippen molar-refractivity contribution < 1.29 is 14.3 Å². The lowest BCUT2D eigenvalue weighted by atomic mass is 10.1. The topological polar surface area (TPSA) is 98.1 Å². The van der Waals surface area contributed by atoms with Gasteiger partial charge in [-0.15, -0.1) is 17.5 Å². The van der Waals surface area contributed by atoms with E-state index in [1.165, 1.54) is 7.11 Å². The number of methoxy groups -OCH3 is 1. The van der Waals surface area contributed by atoms with E-state index in [9.17, 15) is 9.59 Å². The molecule has 1 amide bonds. The fourth-order valence-electron chi connectivity index (χ4n) is 3.28. The van der Waals surface area contributed by atoms with Crippen LogP contribution in [0.3, 0.4) is 0 Å². The van der Waals surface area contributed by atoms with E-state index in [2.05, 4.69) is 25.7 Å². The third kappa shape index (κ3) is 5.08. The smallest absolute Gasteiger partial charge is 0.337 e. The highest BCUT2D eigenvalue weighted by molar-refractivity contribution is 5.93. The molecule has 1 fully saturated rings. The summed E-state index contributed by atoms with van der Waals surface area (Å²) in [5.74, 6) is -0.568. The van der Waals surface area contributed by atoms with Crippen LogP contribution in [-0.2, 0) is 11.2 Å². The minimum absolute atomic E-state index is 0. The van der Waals surface area contributed by atoms with Crippen LogP contribution in [-0.4, -0.2) is 53.6 Å². The SMILES string of the molecule is COC(=O)c1ccc(CCNC(=O)c2nnn(C3CCNCC3)c2C)cc1.Cl. The number of halogens is 1. The normalized spacial score (nSPS) is 14.2. The van der Waals surface area contributed by atoms with Gasteiger partial charge < -0.3 is 15.4 Å². The van der Waals surface area contributed by atoms with Gasteiger partial charge in [0.1, 0.15) is 0 Å². The molecule has 1 aromatic heterocycles. The molecule has 1 aliphatic rings. The van der Waals surface area contributed by atoms with Gasteiger partial charge in [0.25, 0.3) is 5.91 Å². The van der Waals surface area contributed by atoms with Crippen LogP contribution in [0, 0.1) is 6.92 Å². The van der Waals surface area contributed by atoms with Gasteiger partial charge in [-0.25, -0.2) is 9.48 Å². The Hall–Kier alpha value is -2.45. The number of ether oxygens (including phenoxy) is 1. The lowest BCUT2D eigenvalue weighted by molar-refractivity contribution is 0.0600. The largest absolute Gasteiger partial charge is 0.465 e. The molecule has 2 heterocycles. The first-order chi connectivity index (χ1) is 13.1. The Kier molecular flexibility index (Phi) is 7.95. The van der Waals surface area contributed by atoms with Crippen molar-refractivity contribution in [2.75, 3.05) is 26.7 Å². The molecule has 152 valence electrons. The van der Waals surface area contributed by atoms with Gasteiger partial charge in [-0.2, -0.15) is 0 Å². The molecule has 1 aliphatic heterocycles. The summed E-state index contributed by atoms with van der Waals surface area (Å²) in [5, 5.41) is 14.5. The van der Waals surface area contributed by atoms with Gasteiger partial charge in [0.2, 0.25) is 0 Å². The number of hydrogen-bond donors (Lipinski definition) is 2. The predicted molar refractivity (Wildman–Crippen MR) is 107 cm³/mol. The molecule has 0 bridgehead atoms. The van der Waals surface area contributed by atoms with E-state index in [1.54, 1.807) is 12.1 Å². The van der Waals surface area contributed by atoms with Crippen LogP contribution in [0.4, 0.5) is 0 Å². The molecule has 2 aromatic rings. The van der Waals surface area contributed by atoms with Gasteiger partial charge >= 0.3 is 5.97 Å². The number of nitrogens with zero attached hydrogens (tertiary/aromatic N) is 3. The lowest BCUT2D eigenvalue weighted by Gasteiger charge is -2.23. The molecule has 0 radical (unpaired) electrons. The zero-order valence-electron chi connectivity index (χ0n) is 16.1. The Bertz CT molecular complexity index is 800. The van der Waals surface area contributed by atoms with Crippen LogP contribution in [0.1, 0.15) is 51.0 Å². The molecule has 2 N–H and O–H groups in total. The first-order valence-electron chi connectivity index (χ1n) is 9.18. The van der Waals surface area contributed by atoms with Crippen LogP contribution >= 0.6 is 12.4 Å². The molecule has 0 aliphatic carbocycles. The van der Waals surface area contributed by atoms with Crippen LogP contribution < -0.4 is 10.6 Å². The van der Waals surface area contributed by atoms with E-state index in [1.807, 2.05) is 23.7 Å². The summed E-state index contributed by atoms with van der Waals surface area (Å²) in [4.78, 5) is 23.9. The first-order valence-corrected chi connectivity index (χ1v) is 9.18. The monoisotopic (exact) mass is 407 g/mol. The second-order valence-corrected chi connectivity index (χ2v) is 6.64. The first kappa shape index (κ1) is 21.8. The van der Waals surface area contributed by atoms with E-state index in [4.69, 9.17) is 0 Å². The number of nitrogens with one attached hydrogen (secondary N) is 2. The molecule has 0 unspecified atom stereocenters. The van der Waals surface area contributed by atoms with Gasteiger partial charge in [0.15, 0.2) is 5.69 Å². The molecule has 0 saturated carbocycles. The van der Waals surface area contributed by atoms with Crippen molar-refractivity contribution in [2.45, 2.75) is 32.2 Å². The molecule has 1 aromatic carbocycles. The Morgan fingerprint density at radius 3 is 2.57 bits per heavy atom. The number of rotatable bonds is 6. The number of carbonyl (C=O) groups is 2. The number of aromatic nitrogens is 3. The highest BCUT2D eigenvalue weighted by Gasteiger charge is 2.22. The molecular weight excluding hydrogens is 382 g/mol. The molecule has 1 saturated heterocycles. The number of hydrogen-bond acceptors (Lipinski definition) is 6. The molecule has 0 atom stereocenters. The Morgan fingerprint density at radius 2 is 1.93 bits per heavy atom. The van der Waals surface area contributed by atoms with Gasteiger partial charge in [-0.3, -0.25) is 4.79 Å². The minimum Gasteiger partial charge on any atom is -0.465 e. The second kappa shape index (κ2) is 10.2. The van der Waals surface area contributed by atoms with E-state index in [0.717, 1.165) is 37.2 Å². The van der Waals surface area contributed by atoms with Crippen LogP contribution in [0.15, 0.2) is 24.3 Å². The number of amides is 1. The van der Waals surface area contributed by atoms with Gasteiger partial charge in [0, 0.05) is 6.54 Å². The average molecular weight is 408 g/mol. The molecule has 0 spiro atoms. The van der Waals surface area contributed by atoms with Gasteiger partial charge in [0.05, 0.1) is 24.4 Å². The number of carbonyl (C=O) groups excluding carboxylic acids is 2. The van der Waals surface area contributed by atoms with Crippen LogP contribution in [0.5, 0.6) is 0 Å². The number of benzene rings is 1. The summed E-state index contributed by atoms with van der Waals surface area (Å²) in [5.41, 5.74) is 2.73. The maximum absolute atomic E-state index is 12.4. The maximum Gasteiger partial charge on any atom is 0.337 e. The third-order valence-corrected chi connectivity index (χ3v) is 4.87. The number of esters is 1. The second-order valence-electron chi connectivity index (χ2n) is 6.64. The zero-order chi connectivity index (χ0) is 19.2. The quantitative estimate of drug-likeness (QED) is 0.707. The van der Waals surface area contributed by atoms with Crippen molar-refractivity contribution in [2.24, 2.45) is 0 Å². The van der Waals surface area contributed by atoms with E-state index >= 15 is 0 Å². The van der Waals surface area contributed by atoms with Crippen molar-refractivity contribution in [3.63, 3.8) is 0 Å². The minimum atomic E-state index is -0.359. The summed E-state index contributed by atoms with van der Waals surface area (Å²) in [7, 11) is 1.36. The Balaban J connectivity index is 0.00000280. The highest BCUT2D eigenvalue weighted by Crippen LogP contribution is 2.20. The zero-order valence-corrected chi connectivity index (χ0v) is 16.9. The summed E-state index contributed by atoms with van der Waals surface area (Å²) >= 11 is 0. The van der Waals surface area contributed by atoms with Crippen molar-refractivity contribution in [1.82, 2.24) is 25.6 Å². The molecule has 3 rings (SSSR count). The molecule has 28 heavy (non-hydrogen) atoms. The van der Waals surface area contributed by atoms with Gasteiger partial charge in [-0.1, -0.05) is 17.3 Å². The summed E-state index contributed by atoms with van der Waals surface area (Å²) in [6, 6.07) is 7.46. The van der Waals surface area contributed by atoms with E-state index in [0.29, 0.717) is 30.3 Å². The third-order valence-electron chi connectivity index (χ3n) is 4.87. The fraction of sp³-hybridized carbons (Fsp3) is 0.474. The lowest BCUT2D eigenvalue weighted by Crippen LogP contribution is -2.30. The van der Waals surface area contributed by atoms with Crippen molar-refractivity contribution in [3.8, 4) is 0 Å². The van der Waals surface area contributed by atoms with Crippen molar-refractivity contribution in [3.05, 3.63) is 46.8 Å². The van der Waals surface area contributed by atoms with E-state index < -0.39 is 0 Å². The molecular formula is C19H26ClN5O3. The molecule has 8 nitrogen and oxygen atoms in total. The highest BCUT2D eigenvalue weighted by atomic mass is 35.5. The van der Waals surface area contributed by atoms with Crippen LogP contribution in [0.2, 0.25) is 0 Å². The van der Waals surface area contributed by atoms with E-state index in [-0.39, 0.29) is 24.3 Å². The van der Waals surface area contributed by atoms with Crippen LogP contribution in [0.25, 0.3) is 0 Å². The average Bonchev–Trinajstić information content (AvgIpc) is 3.10.